The monoisotopic (exact) mass is 326 g/mol. The second-order valence-corrected chi connectivity index (χ2v) is 7.38. The standard InChI is InChI=1S/C18H19N3OS/c1-12-3-4-17-19-14(9-18(22)21(17)10-12)11-20-7-5-16-15(13(20)2)6-8-23-16/h3-4,6,8-10,13H,5,7,11H2,1-2H3/p+1/t13-/m0/s1. The van der Waals surface area contributed by atoms with Crippen LogP contribution in [0.3, 0.4) is 0 Å². The van der Waals surface area contributed by atoms with Gasteiger partial charge < -0.3 is 4.90 Å². The molecule has 2 atom stereocenters. The van der Waals surface area contributed by atoms with Crippen LogP contribution < -0.4 is 10.5 Å². The molecule has 4 nitrogen and oxygen atoms in total. The van der Waals surface area contributed by atoms with E-state index in [0.29, 0.717) is 6.04 Å². The summed E-state index contributed by atoms with van der Waals surface area (Å²) in [6, 6.07) is 8.32. The zero-order chi connectivity index (χ0) is 16.0. The van der Waals surface area contributed by atoms with Crippen LogP contribution in [0.25, 0.3) is 5.65 Å². The quantitative estimate of drug-likeness (QED) is 0.779. The van der Waals surface area contributed by atoms with E-state index in [-0.39, 0.29) is 5.56 Å². The molecular weight excluding hydrogens is 306 g/mol. The Bertz CT molecular complexity index is 927. The Kier molecular flexibility index (Phi) is 3.54. The van der Waals surface area contributed by atoms with Crippen molar-refractivity contribution in [3.63, 3.8) is 0 Å². The van der Waals surface area contributed by atoms with E-state index in [1.54, 1.807) is 10.5 Å². The van der Waals surface area contributed by atoms with Gasteiger partial charge in [-0.25, -0.2) is 4.98 Å². The van der Waals surface area contributed by atoms with Crippen molar-refractivity contribution in [3.8, 4) is 0 Å². The Hall–Kier alpha value is -1.98. The molecule has 0 radical (unpaired) electrons. The number of rotatable bonds is 2. The van der Waals surface area contributed by atoms with E-state index in [0.717, 1.165) is 36.4 Å². The van der Waals surface area contributed by atoms with Crippen molar-refractivity contribution in [2.24, 2.45) is 0 Å². The number of fused-ring (bicyclic) bond motifs is 2. The smallest absolute Gasteiger partial charge is 0.258 e. The number of nitrogens with zero attached hydrogens (tertiary/aromatic N) is 2. The van der Waals surface area contributed by atoms with Gasteiger partial charge in [0.25, 0.3) is 5.56 Å². The summed E-state index contributed by atoms with van der Waals surface area (Å²) in [5.74, 6) is 0. The Labute approximate surface area is 139 Å². The molecule has 5 heteroatoms. The topological polar surface area (TPSA) is 38.8 Å². The van der Waals surface area contributed by atoms with Gasteiger partial charge in [-0.15, -0.1) is 11.3 Å². The summed E-state index contributed by atoms with van der Waals surface area (Å²) < 4.78 is 1.63. The number of aryl methyl sites for hydroxylation is 1. The number of nitrogens with one attached hydrogen (secondary N) is 1. The summed E-state index contributed by atoms with van der Waals surface area (Å²) in [7, 11) is 0. The first kappa shape index (κ1) is 14.6. The van der Waals surface area contributed by atoms with E-state index in [9.17, 15) is 4.79 Å². The molecule has 3 aromatic rings. The van der Waals surface area contributed by atoms with Crippen LogP contribution in [0, 0.1) is 6.92 Å². The minimum atomic E-state index is 0.00832. The van der Waals surface area contributed by atoms with E-state index in [4.69, 9.17) is 4.98 Å². The molecule has 4 heterocycles. The molecule has 0 bridgehead atoms. The fourth-order valence-corrected chi connectivity index (χ4v) is 4.45. The zero-order valence-corrected chi connectivity index (χ0v) is 14.2. The van der Waals surface area contributed by atoms with Crippen LogP contribution in [-0.2, 0) is 13.0 Å². The Morgan fingerprint density at radius 3 is 3.13 bits per heavy atom. The van der Waals surface area contributed by atoms with Gasteiger partial charge >= 0.3 is 0 Å². The van der Waals surface area contributed by atoms with Crippen molar-refractivity contribution in [1.29, 1.82) is 0 Å². The number of hydrogen-bond donors (Lipinski definition) is 1. The van der Waals surface area contributed by atoms with E-state index in [1.165, 1.54) is 15.3 Å². The van der Waals surface area contributed by atoms with Crippen LogP contribution >= 0.6 is 11.3 Å². The average molecular weight is 326 g/mol. The van der Waals surface area contributed by atoms with Crippen molar-refractivity contribution < 1.29 is 4.90 Å². The summed E-state index contributed by atoms with van der Waals surface area (Å²) in [6.45, 7) is 6.16. The van der Waals surface area contributed by atoms with Gasteiger partial charge in [-0.05, 0) is 36.9 Å². The highest BCUT2D eigenvalue weighted by Gasteiger charge is 2.28. The maximum Gasteiger partial charge on any atom is 0.258 e. The molecule has 0 fully saturated rings. The lowest BCUT2D eigenvalue weighted by Crippen LogP contribution is -3.11. The number of thiophene rings is 1. The maximum atomic E-state index is 12.3. The third-order valence-electron chi connectivity index (χ3n) is 4.80. The van der Waals surface area contributed by atoms with Crippen molar-refractivity contribution in [2.45, 2.75) is 32.9 Å². The summed E-state index contributed by atoms with van der Waals surface area (Å²) in [4.78, 5) is 20.0. The highest BCUT2D eigenvalue weighted by Crippen LogP contribution is 2.24. The van der Waals surface area contributed by atoms with E-state index in [2.05, 4.69) is 18.4 Å². The molecule has 0 saturated heterocycles. The molecule has 4 rings (SSSR count). The molecule has 118 valence electrons. The molecule has 0 saturated carbocycles. The zero-order valence-electron chi connectivity index (χ0n) is 13.4. The van der Waals surface area contributed by atoms with Gasteiger partial charge in [0.05, 0.1) is 6.54 Å². The predicted molar refractivity (Wildman–Crippen MR) is 92.2 cm³/mol. The van der Waals surface area contributed by atoms with Gasteiger partial charge in [-0.1, -0.05) is 6.07 Å². The van der Waals surface area contributed by atoms with Crippen LogP contribution in [-0.4, -0.2) is 15.9 Å². The van der Waals surface area contributed by atoms with Crippen LogP contribution in [0.15, 0.2) is 40.6 Å². The molecule has 23 heavy (non-hydrogen) atoms. The third kappa shape index (κ3) is 2.60. The Morgan fingerprint density at radius 1 is 1.39 bits per heavy atom. The molecular formula is C18H20N3OS+. The highest BCUT2D eigenvalue weighted by atomic mass is 32.1. The van der Waals surface area contributed by atoms with Crippen molar-refractivity contribution >= 4 is 17.0 Å². The van der Waals surface area contributed by atoms with Crippen LogP contribution in [0.4, 0.5) is 0 Å². The normalized spacial score (nSPS) is 20.6. The van der Waals surface area contributed by atoms with Gasteiger partial charge in [-0.2, -0.15) is 0 Å². The number of hydrogen-bond acceptors (Lipinski definition) is 3. The molecule has 0 amide bonds. The lowest BCUT2D eigenvalue weighted by molar-refractivity contribution is -0.945. The minimum Gasteiger partial charge on any atom is -0.324 e. The van der Waals surface area contributed by atoms with E-state index >= 15 is 0 Å². The number of pyridine rings is 1. The summed E-state index contributed by atoms with van der Waals surface area (Å²) >= 11 is 1.86. The molecule has 1 aliphatic heterocycles. The average Bonchev–Trinajstić information content (AvgIpc) is 3.00. The molecule has 0 aromatic carbocycles. The van der Waals surface area contributed by atoms with Crippen LogP contribution in [0.2, 0.25) is 0 Å². The first-order valence-corrected chi connectivity index (χ1v) is 8.89. The van der Waals surface area contributed by atoms with E-state index < -0.39 is 0 Å². The SMILES string of the molecule is Cc1ccc2nc(C[NH+]3CCc4sccc4[C@@H]3C)cc(=O)n2c1. The first-order valence-electron chi connectivity index (χ1n) is 8.01. The number of aromatic nitrogens is 2. The molecule has 1 unspecified atom stereocenters. The molecule has 0 aliphatic carbocycles. The van der Waals surface area contributed by atoms with Gasteiger partial charge in [0.15, 0.2) is 0 Å². The van der Waals surface area contributed by atoms with Crippen LogP contribution in [0.1, 0.15) is 34.7 Å². The highest BCUT2D eigenvalue weighted by molar-refractivity contribution is 7.10. The predicted octanol–water partition coefficient (Wildman–Crippen LogP) is 1.77. The summed E-state index contributed by atoms with van der Waals surface area (Å²) in [5.41, 5.74) is 4.16. The van der Waals surface area contributed by atoms with Gasteiger partial charge in [0, 0.05) is 29.1 Å². The Balaban J connectivity index is 1.66. The number of quaternary nitrogens is 1. The third-order valence-corrected chi connectivity index (χ3v) is 5.80. The molecule has 1 N–H and O–H groups in total. The van der Waals surface area contributed by atoms with Crippen molar-refractivity contribution in [1.82, 2.24) is 9.38 Å². The van der Waals surface area contributed by atoms with Gasteiger partial charge in [-0.3, -0.25) is 9.20 Å². The maximum absolute atomic E-state index is 12.3. The lowest BCUT2D eigenvalue weighted by atomic mass is 10.0. The second kappa shape index (κ2) is 5.58. The van der Waals surface area contributed by atoms with Crippen molar-refractivity contribution in [3.05, 3.63) is 67.9 Å². The lowest BCUT2D eigenvalue weighted by Gasteiger charge is -2.30. The van der Waals surface area contributed by atoms with Crippen molar-refractivity contribution in [2.75, 3.05) is 6.54 Å². The van der Waals surface area contributed by atoms with Crippen LogP contribution in [0.5, 0.6) is 0 Å². The fraction of sp³-hybridized carbons (Fsp3) is 0.333. The van der Waals surface area contributed by atoms with Gasteiger partial charge in [0.1, 0.15) is 23.9 Å². The fourth-order valence-electron chi connectivity index (χ4n) is 3.47. The van der Waals surface area contributed by atoms with Gasteiger partial charge in [0.2, 0.25) is 0 Å². The molecule has 3 aromatic heterocycles. The minimum absolute atomic E-state index is 0.00832. The summed E-state index contributed by atoms with van der Waals surface area (Å²) in [5, 5.41) is 2.19. The van der Waals surface area contributed by atoms with E-state index in [1.807, 2.05) is 36.6 Å². The molecule has 0 spiro atoms. The second-order valence-electron chi connectivity index (χ2n) is 6.38. The first-order chi connectivity index (χ1) is 11.1. The largest absolute Gasteiger partial charge is 0.324 e. The Morgan fingerprint density at radius 2 is 2.26 bits per heavy atom. The summed E-state index contributed by atoms with van der Waals surface area (Å²) in [6.07, 6.45) is 2.97. The molecule has 1 aliphatic rings.